The fourth-order valence-corrected chi connectivity index (χ4v) is 6.92. The molecule has 3 aliphatic rings. The summed E-state index contributed by atoms with van der Waals surface area (Å²) in [5.74, 6) is 3.11. The summed E-state index contributed by atoms with van der Waals surface area (Å²) in [6.45, 7) is 0.0789. The first kappa shape index (κ1) is 28.9. The number of nitrogens with one attached hydrogen (secondary N) is 2. The van der Waals surface area contributed by atoms with E-state index in [-0.39, 0.29) is 37.4 Å². The molecule has 0 aromatic heterocycles. The lowest BCUT2D eigenvalue weighted by atomic mass is 9.57. The summed E-state index contributed by atoms with van der Waals surface area (Å²) in [5, 5.41) is 16.4. The highest BCUT2D eigenvalue weighted by Crippen LogP contribution is 2.58. The average molecular weight is 616 g/mol. The van der Waals surface area contributed by atoms with E-state index in [0.29, 0.717) is 50.5 Å². The molecule has 3 N–H and O–H groups in total. The number of benzene rings is 3. The van der Waals surface area contributed by atoms with E-state index >= 15 is 0 Å². The third-order valence-corrected chi connectivity index (χ3v) is 8.80. The number of halogens is 2. The summed E-state index contributed by atoms with van der Waals surface area (Å²) >= 11 is 12.8. The van der Waals surface area contributed by atoms with Crippen molar-refractivity contribution in [3.63, 3.8) is 0 Å². The molecular weight excluding hydrogens is 587 g/mol. The minimum Gasteiger partial charge on any atom is -0.491 e. The van der Waals surface area contributed by atoms with Gasteiger partial charge in [0.15, 0.2) is 0 Å². The number of aliphatic hydroxyl groups excluding tert-OH is 1. The molecule has 0 radical (unpaired) electrons. The zero-order valence-electron chi connectivity index (χ0n) is 23.0. The van der Waals surface area contributed by atoms with E-state index in [1.54, 1.807) is 54.6 Å². The minimum atomic E-state index is -1.23. The number of carbonyl (C=O) groups is 2. The van der Waals surface area contributed by atoms with Gasteiger partial charge in [0.1, 0.15) is 29.3 Å². The summed E-state index contributed by atoms with van der Waals surface area (Å²) < 4.78 is 11.8. The second-order valence-corrected chi connectivity index (χ2v) is 11.7. The summed E-state index contributed by atoms with van der Waals surface area (Å²) in [5.41, 5.74) is 1.23. The van der Waals surface area contributed by atoms with Crippen molar-refractivity contribution in [2.45, 2.75) is 24.3 Å². The molecule has 1 saturated heterocycles. The van der Waals surface area contributed by atoms with Gasteiger partial charge in [0, 0.05) is 33.3 Å². The monoisotopic (exact) mass is 614 g/mol. The summed E-state index contributed by atoms with van der Waals surface area (Å²) in [4.78, 5) is 27.9. The van der Waals surface area contributed by atoms with E-state index < -0.39 is 17.4 Å². The molecule has 3 aromatic rings. The van der Waals surface area contributed by atoms with Gasteiger partial charge in [-0.1, -0.05) is 47.3 Å². The second-order valence-electron chi connectivity index (χ2n) is 10.7. The molecular formula is C34H28Cl2N2O5. The third kappa shape index (κ3) is 5.27. The van der Waals surface area contributed by atoms with Crippen LogP contribution in [0.1, 0.15) is 35.6 Å². The predicted molar refractivity (Wildman–Crippen MR) is 165 cm³/mol. The SMILES string of the molecule is C#Cc1ccc(Oc2ccc(OCCO)cc2)c([C@H]2NC(=O)C[C@@H](C3C=CC=C(Cl)C3)[C@]23C(=O)Nc2cc(Cl)ccc23)c1. The van der Waals surface area contributed by atoms with Crippen molar-refractivity contribution >= 4 is 40.7 Å². The number of piperidine rings is 1. The Bertz CT molecular complexity index is 1690. The van der Waals surface area contributed by atoms with Gasteiger partial charge in [0.2, 0.25) is 11.8 Å². The Morgan fingerprint density at radius 3 is 2.56 bits per heavy atom. The summed E-state index contributed by atoms with van der Waals surface area (Å²) in [6.07, 6.45) is 12.2. The van der Waals surface area contributed by atoms with E-state index in [4.69, 9.17) is 44.2 Å². The molecule has 9 heteroatoms. The highest BCUT2D eigenvalue weighted by molar-refractivity contribution is 6.31. The first-order valence-electron chi connectivity index (χ1n) is 13.9. The van der Waals surface area contributed by atoms with Crippen molar-refractivity contribution in [2.75, 3.05) is 18.5 Å². The van der Waals surface area contributed by atoms with E-state index in [1.165, 1.54) is 0 Å². The highest BCUT2D eigenvalue weighted by atomic mass is 35.5. The lowest BCUT2D eigenvalue weighted by Crippen LogP contribution is -2.59. The Labute approximate surface area is 259 Å². The van der Waals surface area contributed by atoms with Crippen LogP contribution in [-0.2, 0) is 15.0 Å². The van der Waals surface area contributed by atoms with Crippen LogP contribution in [0.4, 0.5) is 5.69 Å². The molecule has 1 unspecified atom stereocenters. The van der Waals surface area contributed by atoms with Crippen LogP contribution in [0.2, 0.25) is 5.02 Å². The Morgan fingerprint density at radius 2 is 1.81 bits per heavy atom. The highest BCUT2D eigenvalue weighted by Gasteiger charge is 2.62. The van der Waals surface area contributed by atoms with Gasteiger partial charge < -0.3 is 25.2 Å². The predicted octanol–water partition coefficient (Wildman–Crippen LogP) is 6.25. The van der Waals surface area contributed by atoms with E-state index in [2.05, 4.69) is 16.6 Å². The fourth-order valence-electron chi connectivity index (χ4n) is 6.50. The molecule has 6 rings (SSSR count). The Balaban J connectivity index is 1.51. The number of ether oxygens (including phenoxy) is 2. The number of fused-ring (bicyclic) bond motifs is 2. The van der Waals surface area contributed by atoms with Crippen LogP contribution in [0.15, 0.2) is 83.9 Å². The van der Waals surface area contributed by atoms with Crippen LogP contribution in [0, 0.1) is 24.2 Å². The molecule has 1 fully saturated rings. The van der Waals surface area contributed by atoms with Gasteiger partial charge in [-0.05, 0) is 84.5 Å². The molecule has 0 saturated carbocycles. The molecule has 218 valence electrons. The normalized spacial score (nSPS) is 24.0. The molecule has 43 heavy (non-hydrogen) atoms. The van der Waals surface area contributed by atoms with Gasteiger partial charge in [-0.2, -0.15) is 0 Å². The lowest BCUT2D eigenvalue weighted by molar-refractivity contribution is -0.135. The van der Waals surface area contributed by atoms with Crippen molar-refractivity contribution in [2.24, 2.45) is 11.8 Å². The number of amides is 2. The number of allylic oxidation sites excluding steroid dienone is 4. The molecule has 1 spiro atoms. The zero-order valence-corrected chi connectivity index (χ0v) is 24.5. The minimum absolute atomic E-state index is 0.0962. The van der Waals surface area contributed by atoms with Gasteiger partial charge in [0.25, 0.3) is 0 Å². The molecule has 0 bridgehead atoms. The largest absolute Gasteiger partial charge is 0.491 e. The first-order valence-corrected chi connectivity index (χ1v) is 14.6. The van der Waals surface area contributed by atoms with Crippen molar-refractivity contribution in [3.8, 4) is 29.6 Å². The molecule has 2 amide bonds. The summed E-state index contributed by atoms with van der Waals surface area (Å²) in [6, 6.07) is 16.7. The van der Waals surface area contributed by atoms with Crippen LogP contribution >= 0.6 is 23.2 Å². The quantitative estimate of drug-likeness (QED) is 0.273. The Hall–Kier alpha value is -4.22. The number of rotatable bonds is 7. The Kier molecular flexibility index (Phi) is 7.93. The molecule has 7 nitrogen and oxygen atoms in total. The standard InChI is InChI=1S/C34H28Cl2N2O5/c1-2-20-6-13-30(43-25-10-8-24(9-11-25)42-15-14-39)26(16-20)32-34(27-12-7-23(36)18-29(27)37-33(34)41)28(19-31(40)38-32)21-4-3-5-22(35)17-21/h1,3-13,16,18,21,28,32,39H,14-15,17,19H2,(H,37,41)(H,38,40)/t21?,28-,32+,34-/m0/s1. The van der Waals surface area contributed by atoms with Crippen LogP contribution in [0.25, 0.3) is 0 Å². The molecule has 1 aliphatic carbocycles. The van der Waals surface area contributed by atoms with Crippen molar-refractivity contribution in [1.82, 2.24) is 5.32 Å². The number of hydrogen-bond donors (Lipinski definition) is 3. The van der Waals surface area contributed by atoms with Crippen molar-refractivity contribution in [3.05, 3.63) is 106 Å². The lowest BCUT2D eigenvalue weighted by Gasteiger charge is -2.49. The zero-order chi connectivity index (χ0) is 30.1. The number of aliphatic hydroxyl groups is 1. The van der Waals surface area contributed by atoms with Crippen LogP contribution in [0.5, 0.6) is 17.2 Å². The van der Waals surface area contributed by atoms with Gasteiger partial charge in [-0.25, -0.2) is 0 Å². The topological polar surface area (TPSA) is 96.9 Å². The number of terminal acetylenes is 1. The maximum Gasteiger partial charge on any atom is 0.237 e. The maximum absolute atomic E-state index is 14.4. The molecule has 2 aliphatic heterocycles. The molecule has 4 atom stereocenters. The summed E-state index contributed by atoms with van der Waals surface area (Å²) in [7, 11) is 0. The fraction of sp³-hybridized carbons (Fsp3) is 0.235. The van der Waals surface area contributed by atoms with Gasteiger partial charge in [-0.15, -0.1) is 6.42 Å². The molecule has 2 heterocycles. The smallest absolute Gasteiger partial charge is 0.237 e. The second kappa shape index (κ2) is 11.8. The van der Waals surface area contributed by atoms with Crippen molar-refractivity contribution in [1.29, 1.82) is 0 Å². The van der Waals surface area contributed by atoms with E-state index in [0.717, 1.165) is 5.56 Å². The number of hydrogen-bond acceptors (Lipinski definition) is 5. The van der Waals surface area contributed by atoms with Gasteiger partial charge in [0.05, 0.1) is 12.6 Å². The Morgan fingerprint density at radius 1 is 1.02 bits per heavy atom. The van der Waals surface area contributed by atoms with Crippen LogP contribution < -0.4 is 20.1 Å². The van der Waals surface area contributed by atoms with Gasteiger partial charge >= 0.3 is 0 Å². The maximum atomic E-state index is 14.4. The molecule has 3 aromatic carbocycles. The van der Waals surface area contributed by atoms with Crippen LogP contribution in [0.3, 0.4) is 0 Å². The van der Waals surface area contributed by atoms with Gasteiger partial charge in [-0.3, -0.25) is 9.59 Å². The van der Waals surface area contributed by atoms with Crippen molar-refractivity contribution < 1.29 is 24.2 Å². The number of anilines is 1. The van der Waals surface area contributed by atoms with Crippen LogP contribution in [-0.4, -0.2) is 30.1 Å². The van der Waals surface area contributed by atoms with E-state index in [9.17, 15) is 9.59 Å². The average Bonchev–Trinajstić information content (AvgIpc) is 3.28. The number of carbonyl (C=O) groups excluding carboxylic acids is 2. The third-order valence-electron chi connectivity index (χ3n) is 8.28. The van der Waals surface area contributed by atoms with E-state index in [1.807, 2.05) is 24.3 Å². The first-order chi connectivity index (χ1) is 20.8.